The lowest BCUT2D eigenvalue weighted by Crippen LogP contribution is -2.00. The van der Waals surface area contributed by atoms with E-state index in [0.29, 0.717) is 6.54 Å². The highest BCUT2D eigenvalue weighted by Crippen LogP contribution is 2.28. The molecule has 1 aromatic heterocycles. The second kappa shape index (κ2) is 7.25. The zero-order valence-electron chi connectivity index (χ0n) is 14.4. The van der Waals surface area contributed by atoms with E-state index in [0.717, 1.165) is 41.2 Å². The molecule has 3 aromatic rings. The molecule has 0 saturated heterocycles. The quantitative estimate of drug-likeness (QED) is 0.711. The van der Waals surface area contributed by atoms with Crippen LogP contribution in [0.25, 0.3) is 11.0 Å². The fourth-order valence-corrected chi connectivity index (χ4v) is 2.79. The van der Waals surface area contributed by atoms with E-state index in [9.17, 15) is 0 Å². The first kappa shape index (κ1) is 16.2. The van der Waals surface area contributed by atoms with Crippen molar-refractivity contribution in [2.45, 2.75) is 26.4 Å². The average Bonchev–Trinajstić information content (AvgIpc) is 3.02. The summed E-state index contributed by atoms with van der Waals surface area (Å²) >= 11 is 0. The van der Waals surface area contributed by atoms with Gasteiger partial charge in [-0.1, -0.05) is 13.0 Å². The number of hydrogen-bond acceptors (Lipinski definition) is 4. The van der Waals surface area contributed by atoms with Crippen molar-refractivity contribution >= 4 is 16.7 Å². The minimum absolute atomic E-state index is 0.710. The number of hydrogen-bond donors (Lipinski definition) is 1. The van der Waals surface area contributed by atoms with Crippen LogP contribution >= 0.6 is 0 Å². The molecule has 1 N–H and O–H groups in total. The second-order valence-electron chi connectivity index (χ2n) is 5.68. The van der Waals surface area contributed by atoms with Gasteiger partial charge in [-0.25, -0.2) is 4.98 Å². The van der Waals surface area contributed by atoms with Crippen LogP contribution in [0.3, 0.4) is 0 Å². The molecule has 0 aliphatic carbocycles. The van der Waals surface area contributed by atoms with Gasteiger partial charge in [0.25, 0.3) is 0 Å². The van der Waals surface area contributed by atoms with Gasteiger partial charge in [-0.2, -0.15) is 0 Å². The second-order valence-corrected chi connectivity index (χ2v) is 5.68. The highest BCUT2D eigenvalue weighted by Gasteiger charge is 2.06. The molecule has 126 valence electrons. The van der Waals surface area contributed by atoms with E-state index in [1.165, 1.54) is 5.52 Å². The Morgan fingerprint density at radius 2 is 1.88 bits per heavy atom. The van der Waals surface area contributed by atoms with Crippen molar-refractivity contribution in [1.29, 1.82) is 0 Å². The summed E-state index contributed by atoms with van der Waals surface area (Å²) in [6.07, 6.45) is 3.01. The Morgan fingerprint density at radius 3 is 2.62 bits per heavy atom. The van der Waals surface area contributed by atoms with Crippen LogP contribution in [0.1, 0.15) is 18.9 Å². The van der Waals surface area contributed by atoms with Crippen molar-refractivity contribution in [1.82, 2.24) is 9.55 Å². The molecule has 0 spiro atoms. The molecule has 0 aliphatic rings. The van der Waals surface area contributed by atoms with Crippen LogP contribution in [0.2, 0.25) is 0 Å². The van der Waals surface area contributed by atoms with E-state index in [1.54, 1.807) is 14.2 Å². The third-order valence-corrected chi connectivity index (χ3v) is 4.03. The van der Waals surface area contributed by atoms with Gasteiger partial charge >= 0.3 is 0 Å². The number of nitrogens with one attached hydrogen (secondary N) is 1. The maximum Gasteiger partial charge on any atom is 0.161 e. The summed E-state index contributed by atoms with van der Waals surface area (Å²) in [6.45, 7) is 3.88. The van der Waals surface area contributed by atoms with Gasteiger partial charge in [0.05, 0.1) is 31.6 Å². The molecule has 0 fully saturated rings. The average molecular weight is 325 g/mol. The van der Waals surface area contributed by atoms with Crippen molar-refractivity contribution in [3.63, 3.8) is 0 Å². The molecule has 1 heterocycles. The Kier molecular flexibility index (Phi) is 4.89. The number of rotatable bonds is 7. The van der Waals surface area contributed by atoms with Gasteiger partial charge in [0.1, 0.15) is 0 Å². The molecule has 0 atom stereocenters. The molecular formula is C19H23N3O2. The van der Waals surface area contributed by atoms with E-state index >= 15 is 0 Å². The van der Waals surface area contributed by atoms with Crippen molar-refractivity contribution in [2.24, 2.45) is 0 Å². The molecule has 0 radical (unpaired) electrons. The molecular weight excluding hydrogens is 302 g/mol. The minimum Gasteiger partial charge on any atom is -0.493 e. The van der Waals surface area contributed by atoms with Crippen LogP contribution in [-0.4, -0.2) is 23.8 Å². The summed E-state index contributed by atoms with van der Waals surface area (Å²) in [5.41, 5.74) is 4.37. The Bertz CT molecular complexity index is 827. The van der Waals surface area contributed by atoms with Crippen LogP contribution < -0.4 is 14.8 Å². The molecule has 0 saturated carbocycles. The number of nitrogens with zero attached hydrogens (tertiary/aromatic N) is 2. The van der Waals surface area contributed by atoms with Gasteiger partial charge in [0.15, 0.2) is 11.5 Å². The SMILES string of the molecule is CCCn1cnc2cc(NCc3ccc(OC)c(OC)c3)ccc21. The first-order chi connectivity index (χ1) is 11.7. The Balaban J connectivity index is 1.73. The summed E-state index contributed by atoms with van der Waals surface area (Å²) in [4.78, 5) is 4.49. The highest BCUT2D eigenvalue weighted by atomic mass is 16.5. The fourth-order valence-electron chi connectivity index (χ4n) is 2.79. The minimum atomic E-state index is 0.710. The summed E-state index contributed by atoms with van der Waals surface area (Å²) < 4.78 is 12.8. The lowest BCUT2D eigenvalue weighted by Gasteiger charge is -2.11. The Hall–Kier alpha value is -2.69. The summed E-state index contributed by atoms with van der Waals surface area (Å²) in [7, 11) is 3.29. The summed E-state index contributed by atoms with van der Waals surface area (Å²) in [5.74, 6) is 1.48. The summed E-state index contributed by atoms with van der Waals surface area (Å²) in [6, 6.07) is 12.2. The molecule has 3 rings (SSSR count). The molecule has 0 unspecified atom stereocenters. The van der Waals surface area contributed by atoms with Crippen molar-refractivity contribution in [2.75, 3.05) is 19.5 Å². The predicted octanol–water partition coefficient (Wildman–Crippen LogP) is 4.08. The predicted molar refractivity (Wildman–Crippen MR) is 96.9 cm³/mol. The standard InChI is InChI=1S/C19H23N3O2/c1-4-9-22-13-21-16-11-15(6-7-17(16)22)20-12-14-5-8-18(23-2)19(10-14)24-3/h5-8,10-11,13,20H,4,9,12H2,1-3H3. The largest absolute Gasteiger partial charge is 0.493 e. The van der Waals surface area contributed by atoms with Gasteiger partial charge in [-0.15, -0.1) is 0 Å². The van der Waals surface area contributed by atoms with E-state index in [1.807, 2.05) is 24.5 Å². The zero-order valence-corrected chi connectivity index (χ0v) is 14.4. The van der Waals surface area contributed by atoms with Crippen LogP contribution in [0, 0.1) is 0 Å². The third kappa shape index (κ3) is 3.30. The third-order valence-electron chi connectivity index (χ3n) is 4.03. The Labute approximate surface area is 142 Å². The lowest BCUT2D eigenvalue weighted by atomic mass is 10.2. The van der Waals surface area contributed by atoms with Crippen LogP contribution in [0.15, 0.2) is 42.7 Å². The first-order valence-electron chi connectivity index (χ1n) is 8.14. The molecule has 5 nitrogen and oxygen atoms in total. The molecule has 5 heteroatoms. The first-order valence-corrected chi connectivity index (χ1v) is 8.14. The topological polar surface area (TPSA) is 48.3 Å². The Morgan fingerprint density at radius 1 is 1.04 bits per heavy atom. The van der Waals surface area contributed by atoms with Crippen LogP contribution in [0.5, 0.6) is 11.5 Å². The number of anilines is 1. The van der Waals surface area contributed by atoms with Gasteiger partial charge < -0.3 is 19.4 Å². The number of fused-ring (bicyclic) bond motifs is 1. The van der Waals surface area contributed by atoms with E-state index in [-0.39, 0.29) is 0 Å². The number of ether oxygens (including phenoxy) is 2. The maximum atomic E-state index is 5.35. The maximum absolute atomic E-state index is 5.35. The van der Waals surface area contributed by atoms with Crippen LogP contribution in [-0.2, 0) is 13.1 Å². The molecule has 0 bridgehead atoms. The van der Waals surface area contributed by atoms with Gasteiger partial charge in [0.2, 0.25) is 0 Å². The number of benzene rings is 2. The normalized spacial score (nSPS) is 10.8. The van der Waals surface area contributed by atoms with Crippen molar-refractivity contribution in [3.8, 4) is 11.5 Å². The van der Waals surface area contributed by atoms with Gasteiger partial charge in [0, 0.05) is 18.8 Å². The van der Waals surface area contributed by atoms with Crippen LogP contribution in [0.4, 0.5) is 5.69 Å². The highest BCUT2D eigenvalue weighted by molar-refractivity contribution is 5.79. The van der Waals surface area contributed by atoms with Crippen molar-refractivity contribution in [3.05, 3.63) is 48.3 Å². The van der Waals surface area contributed by atoms with E-state index in [4.69, 9.17) is 9.47 Å². The summed E-state index contributed by atoms with van der Waals surface area (Å²) in [5, 5.41) is 3.44. The van der Waals surface area contributed by atoms with Gasteiger partial charge in [-0.05, 0) is 42.3 Å². The van der Waals surface area contributed by atoms with E-state index in [2.05, 4.69) is 40.0 Å². The fraction of sp³-hybridized carbons (Fsp3) is 0.316. The van der Waals surface area contributed by atoms with Gasteiger partial charge in [-0.3, -0.25) is 0 Å². The lowest BCUT2D eigenvalue weighted by molar-refractivity contribution is 0.354. The molecule has 0 aliphatic heterocycles. The smallest absolute Gasteiger partial charge is 0.161 e. The number of methoxy groups -OCH3 is 2. The van der Waals surface area contributed by atoms with Crippen molar-refractivity contribution < 1.29 is 9.47 Å². The van der Waals surface area contributed by atoms with E-state index < -0.39 is 0 Å². The molecule has 24 heavy (non-hydrogen) atoms. The number of imidazole rings is 1. The number of aromatic nitrogens is 2. The molecule has 2 aromatic carbocycles. The zero-order chi connectivity index (χ0) is 16.9. The molecule has 0 amide bonds. The number of aryl methyl sites for hydroxylation is 1. The monoisotopic (exact) mass is 325 g/mol.